The van der Waals surface area contributed by atoms with Gasteiger partial charge in [-0.05, 0) is 38.3 Å². The molecule has 1 saturated carbocycles. The lowest BCUT2D eigenvalue weighted by Gasteiger charge is -2.20. The Balaban J connectivity index is 2.00. The minimum absolute atomic E-state index is 0.319. The third-order valence-electron chi connectivity index (χ3n) is 3.20. The zero-order valence-electron chi connectivity index (χ0n) is 10.6. The van der Waals surface area contributed by atoms with Gasteiger partial charge in [0.25, 0.3) is 0 Å². The van der Waals surface area contributed by atoms with E-state index in [-0.39, 0.29) is 0 Å². The molecule has 94 valence electrons. The van der Waals surface area contributed by atoms with Crippen LogP contribution in [-0.4, -0.2) is 30.8 Å². The lowest BCUT2D eigenvalue weighted by molar-refractivity contribution is 0.101. The van der Waals surface area contributed by atoms with Crippen molar-refractivity contribution >= 4 is 11.6 Å². The molecule has 2 rings (SSSR count). The maximum Gasteiger partial charge on any atom is 0.128 e. The molecule has 0 saturated heterocycles. The molecule has 0 aliphatic heterocycles. The molecule has 4 nitrogen and oxygen atoms in total. The molecule has 2 atom stereocenters. The molecule has 0 amide bonds. The molecule has 1 heterocycles. The normalized spacial score (nSPS) is 23.6. The van der Waals surface area contributed by atoms with E-state index in [0.717, 1.165) is 31.0 Å². The van der Waals surface area contributed by atoms with Gasteiger partial charge in [0.1, 0.15) is 11.6 Å². The first-order valence-electron chi connectivity index (χ1n) is 6.33. The summed E-state index contributed by atoms with van der Waals surface area (Å²) in [6.07, 6.45) is 3.84. The highest BCUT2D eigenvalue weighted by molar-refractivity contribution is 5.45. The molecule has 17 heavy (non-hydrogen) atoms. The second-order valence-corrected chi connectivity index (χ2v) is 4.39. The van der Waals surface area contributed by atoms with Crippen molar-refractivity contribution in [3.8, 4) is 0 Å². The second-order valence-electron chi connectivity index (χ2n) is 4.39. The van der Waals surface area contributed by atoms with Gasteiger partial charge in [0.2, 0.25) is 0 Å². The van der Waals surface area contributed by atoms with Crippen LogP contribution in [0.4, 0.5) is 11.6 Å². The Morgan fingerprint density at radius 1 is 1.35 bits per heavy atom. The van der Waals surface area contributed by atoms with Crippen molar-refractivity contribution in [1.82, 2.24) is 4.98 Å². The molecule has 1 fully saturated rings. The zero-order valence-corrected chi connectivity index (χ0v) is 10.6. The minimum atomic E-state index is 0.319. The molecule has 0 bridgehead atoms. The average molecular weight is 235 g/mol. The van der Waals surface area contributed by atoms with Crippen molar-refractivity contribution in [1.29, 1.82) is 0 Å². The van der Waals surface area contributed by atoms with Crippen LogP contribution >= 0.6 is 0 Å². The molecule has 0 spiro atoms. The molecule has 1 aliphatic rings. The third kappa shape index (κ3) is 3.09. The zero-order chi connectivity index (χ0) is 12.1. The minimum Gasteiger partial charge on any atom is -0.379 e. The highest BCUT2D eigenvalue weighted by atomic mass is 16.5. The molecule has 0 aromatic carbocycles. The summed E-state index contributed by atoms with van der Waals surface area (Å²) in [6, 6.07) is 6.40. The second kappa shape index (κ2) is 5.87. The fourth-order valence-corrected chi connectivity index (χ4v) is 2.36. The Morgan fingerprint density at radius 2 is 2.18 bits per heavy atom. The van der Waals surface area contributed by atoms with Crippen LogP contribution in [0.5, 0.6) is 0 Å². The van der Waals surface area contributed by atoms with Crippen LogP contribution in [0.15, 0.2) is 18.2 Å². The first-order valence-corrected chi connectivity index (χ1v) is 6.33. The molecule has 1 aromatic heterocycles. The lowest BCUT2D eigenvalue weighted by Crippen LogP contribution is -2.30. The van der Waals surface area contributed by atoms with Gasteiger partial charge in [-0.1, -0.05) is 6.07 Å². The Labute approximate surface area is 103 Å². The molecule has 2 N–H and O–H groups in total. The van der Waals surface area contributed by atoms with E-state index in [1.54, 1.807) is 7.11 Å². The summed E-state index contributed by atoms with van der Waals surface area (Å²) in [5.74, 6) is 1.85. The van der Waals surface area contributed by atoms with E-state index >= 15 is 0 Å². The Morgan fingerprint density at radius 3 is 2.94 bits per heavy atom. The molecule has 2 unspecified atom stereocenters. The summed E-state index contributed by atoms with van der Waals surface area (Å²) in [6.45, 7) is 2.96. The third-order valence-corrected chi connectivity index (χ3v) is 3.20. The van der Waals surface area contributed by atoms with Crippen molar-refractivity contribution < 1.29 is 4.74 Å². The van der Waals surface area contributed by atoms with Crippen LogP contribution in [0.25, 0.3) is 0 Å². The summed E-state index contributed by atoms with van der Waals surface area (Å²) in [5.41, 5.74) is 0. The molecule has 1 aliphatic carbocycles. The maximum atomic E-state index is 5.47. The number of hydrogen-bond donors (Lipinski definition) is 2. The number of nitrogens with zero attached hydrogens (tertiary/aromatic N) is 1. The number of hydrogen-bond acceptors (Lipinski definition) is 4. The van der Waals surface area contributed by atoms with Gasteiger partial charge in [0, 0.05) is 13.7 Å². The Bertz CT molecular complexity index is 356. The standard InChI is InChI=1S/C13H21N3O/c1-3-14-12-8-5-9-13(16-12)15-10-6-4-7-11(10)17-2/h5,8-11H,3-4,6-7H2,1-2H3,(H2,14,15,16). The van der Waals surface area contributed by atoms with Crippen LogP contribution < -0.4 is 10.6 Å². The van der Waals surface area contributed by atoms with Crippen molar-refractivity contribution in [3.05, 3.63) is 18.2 Å². The van der Waals surface area contributed by atoms with Gasteiger partial charge in [0.05, 0.1) is 12.1 Å². The van der Waals surface area contributed by atoms with Crippen LogP contribution in [0.2, 0.25) is 0 Å². The monoisotopic (exact) mass is 235 g/mol. The molecule has 4 heteroatoms. The van der Waals surface area contributed by atoms with E-state index in [9.17, 15) is 0 Å². The van der Waals surface area contributed by atoms with Gasteiger partial charge < -0.3 is 15.4 Å². The number of nitrogens with one attached hydrogen (secondary N) is 2. The number of aromatic nitrogens is 1. The van der Waals surface area contributed by atoms with Crippen LogP contribution in [0, 0.1) is 0 Å². The predicted molar refractivity (Wildman–Crippen MR) is 70.5 cm³/mol. The maximum absolute atomic E-state index is 5.47. The smallest absolute Gasteiger partial charge is 0.128 e. The van der Waals surface area contributed by atoms with E-state index in [1.807, 2.05) is 18.2 Å². The van der Waals surface area contributed by atoms with Crippen molar-refractivity contribution in [2.45, 2.75) is 38.3 Å². The van der Waals surface area contributed by atoms with Gasteiger partial charge >= 0.3 is 0 Å². The predicted octanol–water partition coefficient (Wildman–Crippen LogP) is 2.49. The number of rotatable bonds is 5. The molecular formula is C13H21N3O. The largest absolute Gasteiger partial charge is 0.379 e. The average Bonchev–Trinajstić information content (AvgIpc) is 2.77. The molecule has 1 aromatic rings. The van der Waals surface area contributed by atoms with Crippen molar-refractivity contribution in [2.24, 2.45) is 0 Å². The summed E-state index contributed by atoms with van der Waals surface area (Å²) >= 11 is 0. The van der Waals surface area contributed by atoms with E-state index in [2.05, 4.69) is 22.5 Å². The van der Waals surface area contributed by atoms with E-state index in [1.165, 1.54) is 6.42 Å². The summed E-state index contributed by atoms with van der Waals surface area (Å²) in [4.78, 5) is 4.52. The highest BCUT2D eigenvalue weighted by Gasteiger charge is 2.27. The van der Waals surface area contributed by atoms with Crippen LogP contribution in [0.3, 0.4) is 0 Å². The van der Waals surface area contributed by atoms with Crippen molar-refractivity contribution in [3.63, 3.8) is 0 Å². The van der Waals surface area contributed by atoms with Gasteiger partial charge in [-0.2, -0.15) is 0 Å². The number of methoxy groups -OCH3 is 1. The van der Waals surface area contributed by atoms with Gasteiger partial charge in [-0.25, -0.2) is 4.98 Å². The topological polar surface area (TPSA) is 46.2 Å². The Hall–Kier alpha value is -1.29. The summed E-state index contributed by atoms with van der Waals surface area (Å²) in [7, 11) is 1.78. The fraction of sp³-hybridized carbons (Fsp3) is 0.615. The Kier molecular flexibility index (Phi) is 4.20. The summed E-state index contributed by atoms with van der Waals surface area (Å²) in [5, 5.41) is 6.68. The summed E-state index contributed by atoms with van der Waals surface area (Å²) < 4.78 is 5.47. The highest BCUT2D eigenvalue weighted by Crippen LogP contribution is 2.24. The van der Waals surface area contributed by atoms with E-state index in [0.29, 0.717) is 12.1 Å². The quantitative estimate of drug-likeness (QED) is 0.823. The van der Waals surface area contributed by atoms with Gasteiger partial charge in [-0.3, -0.25) is 0 Å². The number of pyridine rings is 1. The van der Waals surface area contributed by atoms with Crippen LogP contribution in [-0.2, 0) is 4.74 Å². The fourth-order valence-electron chi connectivity index (χ4n) is 2.36. The van der Waals surface area contributed by atoms with Gasteiger partial charge in [0.15, 0.2) is 0 Å². The molecule has 0 radical (unpaired) electrons. The SMILES string of the molecule is CCNc1cccc(NC2CCCC2OC)n1. The lowest BCUT2D eigenvalue weighted by atomic mass is 10.2. The molecular weight excluding hydrogens is 214 g/mol. The van der Waals surface area contributed by atoms with E-state index < -0.39 is 0 Å². The van der Waals surface area contributed by atoms with Gasteiger partial charge in [-0.15, -0.1) is 0 Å². The number of ether oxygens (including phenoxy) is 1. The first-order chi connectivity index (χ1) is 8.33. The van der Waals surface area contributed by atoms with E-state index in [4.69, 9.17) is 4.74 Å². The van der Waals surface area contributed by atoms with Crippen LogP contribution in [0.1, 0.15) is 26.2 Å². The van der Waals surface area contributed by atoms with Crippen molar-refractivity contribution in [2.75, 3.05) is 24.3 Å². The number of anilines is 2. The first kappa shape index (κ1) is 12.2.